The molecule has 3 heteroatoms. The molecule has 0 spiro atoms. The molecule has 4 rings (SSSR count). The molecule has 0 saturated carbocycles. The Hall–Kier alpha value is -2.65. The predicted octanol–water partition coefficient (Wildman–Crippen LogP) is 5.97. The van der Waals surface area contributed by atoms with Gasteiger partial charge in [0.1, 0.15) is 5.69 Å². The van der Waals surface area contributed by atoms with Crippen molar-refractivity contribution in [3.05, 3.63) is 95.6 Å². The number of aromatic nitrogens is 2. The highest BCUT2D eigenvalue weighted by Gasteiger charge is 2.13. The molecule has 3 aromatic carbocycles. The average molecular weight is 375 g/mol. The van der Waals surface area contributed by atoms with Crippen molar-refractivity contribution in [2.45, 2.75) is 0 Å². The highest BCUT2D eigenvalue weighted by atomic mass is 79.9. The Morgan fingerprint density at radius 3 is 1.96 bits per heavy atom. The summed E-state index contributed by atoms with van der Waals surface area (Å²) in [7, 11) is 0. The van der Waals surface area contributed by atoms with E-state index in [0.717, 1.165) is 32.5 Å². The molecule has 0 aliphatic rings. The van der Waals surface area contributed by atoms with Crippen molar-refractivity contribution in [1.82, 2.24) is 9.78 Å². The second-order valence-electron chi connectivity index (χ2n) is 5.54. The van der Waals surface area contributed by atoms with Gasteiger partial charge in [0.15, 0.2) is 0 Å². The molecule has 0 unspecified atom stereocenters. The Balaban J connectivity index is 1.90. The van der Waals surface area contributed by atoms with E-state index in [1.54, 1.807) is 0 Å². The van der Waals surface area contributed by atoms with Gasteiger partial charge < -0.3 is 0 Å². The maximum atomic E-state index is 4.85. The van der Waals surface area contributed by atoms with E-state index in [9.17, 15) is 0 Å². The average Bonchev–Trinajstić information content (AvgIpc) is 3.09. The summed E-state index contributed by atoms with van der Waals surface area (Å²) >= 11 is 3.50. The van der Waals surface area contributed by atoms with Crippen LogP contribution in [0, 0.1) is 0 Å². The summed E-state index contributed by atoms with van der Waals surface area (Å²) in [5.74, 6) is 0. The van der Waals surface area contributed by atoms with Gasteiger partial charge in [-0.15, -0.1) is 0 Å². The number of halogens is 1. The minimum absolute atomic E-state index is 0.988. The third kappa shape index (κ3) is 2.91. The molecule has 0 N–H and O–H groups in total. The lowest BCUT2D eigenvalue weighted by molar-refractivity contribution is 0.884. The number of hydrogen-bond acceptors (Lipinski definition) is 1. The largest absolute Gasteiger partial charge is 0.240 e. The molecule has 0 saturated heterocycles. The first-order valence-electron chi connectivity index (χ1n) is 7.78. The van der Waals surface area contributed by atoms with Crippen LogP contribution in [-0.4, -0.2) is 9.78 Å². The van der Waals surface area contributed by atoms with Gasteiger partial charge in [0, 0.05) is 21.8 Å². The van der Waals surface area contributed by atoms with Crippen LogP contribution in [0.4, 0.5) is 0 Å². The first-order valence-corrected chi connectivity index (χ1v) is 8.57. The molecule has 0 amide bonds. The first-order chi connectivity index (χ1) is 11.8. The monoisotopic (exact) mass is 374 g/mol. The van der Waals surface area contributed by atoms with Gasteiger partial charge in [0.05, 0.1) is 5.69 Å². The van der Waals surface area contributed by atoms with Crippen molar-refractivity contribution < 1.29 is 0 Å². The van der Waals surface area contributed by atoms with Gasteiger partial charge in [0.25, 0.3) is 0 Å². The van der Waals surface area contributed by atoms with Gasteiger partial charge in [-0.25, -0.2) is 4.68 Å². The highest BCUT2D eigenvalue weighted by Crippen LogP contribution is 2.32. The number of benzene rings is 3. The summed E-state index contributed by atoms with van der Waals surface area (Å²) in [6.07, 6.45) is 2.10. The number of rotatable bonds is 3. The fourth-order valence-corrected chi connectivity index (χ4v) is 3.00. The smallest absolute Gasteiger partial charge is 0.101 e. The van der Waals surface area contributed by atoms with Crippen molar-refractivity contribution in [3.8, 4) is 28.1 Å². The lowest BCUT2D eigenvalue weighted by Gasteiger charge is -2.02. The van der Waals surface area contributed by atoms with Crippen LogP contribution >= 0.6 is 15.9 Å². The van der Waals surface area contributed by atoms with Gasteiger partial charge in [-0.05, 0) is 29.8 Å². The van der Waals surface area contributed by atoms with E-state index in [1.165, 1.54) is 0 Å². The van der Waals surface area contributed by atoms with E-state index in [4.69, 9.17) is 5.10 Å². The molecule has 0 radical (unpaired) electrons. The second-order valence-corrected chi connectivity index (χ2v) is 6.46. The Bertz CT molecular complexity index is 942. The lowest BCUT2D eigenvalue weighted by atomic mass is 10.0. The maximum absolute atomic E-state index is 4.85. The van der Waals surface area contributed by atoms with Crippen LogP contribution in [0.5, 0.6) is 0 Å². The highest BCUT2D eigenvalue weighted by molar-refractivity contribution is 9.10. The maximum Gasteiger partial charge on any atom is 0.101 e. The van der Waals surface area contributed by atoms with Gasteiger partial charge in [0.2, 0.25) is 0 Å². The standard InChI is InChI=1S/C21H15BrN2/c22-18-13-11-16(12-14-18)20-15-24(19-9-5-2-6-10-19)23-21(20)17-7-3-1-4-8-17/h1-15H. The van der Waals surface area contributed by atoms with E-state index in [2.05, 4.69) is 70.7 Å². The van der Waals surface area contributed by atoms with Crippen molar-refractivity contribution >= 4 is 15.9 Å². The molecule has 0 bridgehead atoms. The summed E-state index contributed by atoms with van der Waals surface area (Å²) in [6.45, 7) is 0. The van der Waals surface area contributed by atoms with E-state index in [-0.39, 0.29) is 0 Å². The Morgan fingerprint density at radius 2 is 1.29 bits per heavy atom. The summed E-state index contributed by atoms with van der Waals surface area (Å²) in [5.41, 5.74) is 5.43. The van der Waals surface area contributed by atoms with Crippen molar-refractivity contribution in [1.29, 1.82) is 0 Å². The summed E-state index contributed by atoms with van der Waals surface area (Å²) in [5, 5.41) is 4.85. The zero-order chi connectivity index (χ0) is 16.4. The van der Waals surface area contributed by atoms with Gasteiger partial charge in [-0.3, -0.25) is 0 Å². The fraction of sp³-hybridized carbons (Fsp3) is 0. The molecule has 0 aliphatic heterocycles. The lowest BCUT2D eigenvalue weighted by Crippen LogP contribution is -1.93. The predicted molar refractivity (Wildman–Crippen MR) is 102 cm³/mol. The second kappa shape index (κ2) is 6.46. The Morgan fingerprint density at radius 1 is 0.667 bits per heavy atom. The molecule has 1 heterocycles. The van der Waals surface area contributed by atoms with E-state index < -0.39 is 0 Å². The summed E-state index contributed by atoms with van der Waals surface area (Å²) in [4.78, 5) is 0. The minimum Gasteiger partial charge on any atom is -0.240 e. The van der Waals surface area contributed by atoms with Crippen LogP contribution in [0.3, 0.4) is 0 Å². The van der Waals surface area contributed by atoms with Crippen LogP contribution in [0.15, 0.2) is 95.6 Å². The molecule has 0 aliphatic carbocycles. The summed E-state index contributed by atoms with van der Waals surface area (Å²) in [6, 6.07) is 28.8. The van der Waals surface area contributed by atoms with Crippen molar-refractivity contribution in [3.63, 3.8) is 0 Å². The zero-order valence-electron chi connectivity index (χ0n) is 12.9. The van der Waals surface area contributed by atoms with Gasteiger partial charge >= 0.3 is 0 Å². The fourth-order valence-electron chi connectivity index (χ4n) is 2.74. The number of nitrogens with zero attached hydrogens (tertiary/aromatic N) is 2. The van der Waals surface area contributed by atoms with Gasteiger partial charge in [-0.2, -0.15) is 5.10 Å². The Labute approximate surface area is 149 Å². The van der Waals surface area contributed by atoms with Crippen LogP contribution in [-0.2, 0) is 0 Å². The zero-order valence-corrected chi connectivity index (χ0v) is 14.5. The van der Waals surface area contributed by atoms with Crippen molar-refractivity contribution in [2.24, 2.45) is 0 Å². The van der Waals surface area contributed by atoms with Crippen LogP contribution in [0.2, 0.25) is 0 Å². The first kappa shape index (κ1) is 14.9. The third-order valence-corrected chi connectivity index (χ3v) is 4.47. The van der Waals surface area contributed by atoms with Crippen LogP contribution in [0.25, 0.3) is 28.1 Å². The SMILES string of the molecule is Brc1ccc(-c2cn(-c3ccccc3)nc2-c2ccccc2)cc1. The normalized spacial score (nSPS) is 10.7. The van der Waals surface area contributed by atoms with Crippen molar-refractivity contribution in [2.75, 3.05) is 0 Å². The molecule has 1 aromatic heterocycles. The van der Waals surface area contributed by atoms with Gasteiger partial charge in [-0.1, -0.05) is 76.6 Å². The molecule has 4 aromatic rings. The number of hydrogen-bond donors (Lipinski definition) is 0. The molecule has 0 atom stereocenters. The van der Waals surface area contributed by atoms with Crippen LogP contribution in [0.1, 0.15) is 0 Å². The minimum atomic E-state index is 0.988. The molecular formula is C21H15BrN2. The molecular weight excluding hydrogens is 360 g/mol. The quantitative estimate of drug-likeness (QED) is 0.431. The molecule has 2 nitrogen and oxygen atoms in total. The van der Waals surface area contributed by atoms with E-state index in [0.29, 0.717) is 0 Å². The molecule has 24 heavy (non-hydrogen) atoms. The Kier molecular flexibility index (Phi) is 4.01. The summed E-state index contributed by atoms with van der Waals surface area (Å²) < 4.78 is 3.02. The van der Waals surface area contributed by atoms with E-state index in [1.807, 2.05) is 41.1 Å². The number of para-hydroxylation sites is 1. The van der Waals surface area contributed by atoms with E-state index >= 15 is 0 Å². The molecule has 0 fully saturated rings. The third-order valence-electron chi connectivity index (χ3n) is 3.94. The molecule has 116 valence electrons. The van der Waals surface area contributed by atoms with Crippen LogP contribution < -0.4 is 0 Å². The topological polar surface area (TPSA) is 17.8 Å².